The number of aliphatic hydroxyl groups is 1. The Labute approximate surface area is 191 Å². The molecular weight excluding hydrogens is 400 g/mol. The van der Waals surface area contributed by atoms with Crippen LogP contribution in [0.1, 0.15) is 37.0 Å². The molecule has 5 heteroatoms. The number of carbonyl (C=O) groups is 1. The fourth-order valence-electron chi connectivity index (χ4n) is 3.71. The van der Waals surface area contributed by atoms with Crippen LogP contribution in [0.2, 0.25) is 0 Å². The third-order valence-corrected chi connectivity index (χ3v) is 5.23. The SMILES string of the molecule is CCNCC.O=C(O)[C@H](CCO)NC(c1ccccc1)(c1ccccc1)c1ccccc1. The Hall–Kier alpha value is -2.99. The fraction of sp³-hybridized carbons (Fsp3) is 0.296. The molecule has 0 fully saturated rings. The van der Waals surface area contributed by atoms with E-state index in [-0.39, 0.29) is 13.0 Å². The third kappa shape index (κ3) is 6.50. The molecule has 0 aliphatic heterocycles. The van der Waals surface area contributed by atoms with Gasteiger partial charge in [-0.05, 0) is 36.2 Å². The highest BCUT2D eigenvalue weighted by Crippen LogP contribution is 2.37. The maximum Gasteiger partial charge on any atom is 0.320 e. The van der Waals surface area contributed by atoms with E-state index in [1.807, 2.05) is 91.0 Å². The molecule has 0 spiro atoms. The maximum absolute atomic E-state index is 11.9. The lowest BCUT2D eigenvalue weighted by molar-refractivity contribution is -0.140. The minimum atomic E-state index is -0.990. The van der Waals surface area contributed by atoms with Crippen LogP contribution in [0.5, 0.6) is 0 Å². The van der Waals surface area contributed by atoms with E-state index in [4.69, 9.17) is 0 Å². The molecule has 0 radical (unpaired) electrons. The molecule has 3 aromatic carbocycles. The van der Waals surface area contributed by atoms with Gasteiger partial charge in [0.25, 0.3) is 0 Å². The van der Waals surface area contributed by atoms with Crippen LogP contribution in [0.15, 0.2) is 91.0 Å². The molecule has 0 unspecified atom stereocenters. The first-order valence-electron chi connectivity index (χ1n) is 11.1. The van der Waals surface area contributed by atoms with Gasteiger partial charge in [-0.3, -0.25) is 10.1 Å². The Morgan fingerprint density at radius 2 is 1.16 bits per heavy atom. The molecule has 0 aliphatic carbocycles. The number of hydrogen-bond acceptors (Lipinski definition) is 4. The third-order valence-electron chi connectivity index (χ3n) is 5.23. The number of hydrogen-bond donors (Lipinski definition) is 4. The summed E-state index contributed by atoms with van der Waals surface area (Å²) in [6.07, 6.45) is 0.115. The Balaban J connectivity index is 0.000000654. The lowest BCUT2D eigenvalue weighted by Gasteiger charge is -2.39. The van der Waals surface area contributed by atoms with E-state index in [1.54, 1.807) is 0 Å². The van der Waals surface area contributed by atoms with Gasteiger partial charge in [0.15, 0.2) is 0 Å². The first kappa shape index (κ1) is 25.3. The first-order chi connectivity index (χ1) is 15.6. The molecule has 170 valence electrons. The zero-order valence-electron chi connectivity index (χ0n) is 18.9. The molecule has 1 atom stereocenters. The van der Waals surface area contributed by atoms with E-state index < -0.39 is 17.6 Å². The summed E-state index contributed by atoms with van der Waals surface area (Å²) in [5.41, 5.74) is 1.95. The predicted molar refractivity (Wildman–Crippen MR) is 130 cm³/mol. The van der Waals surface area contributed by atoms with E-state index >= 15 is 0 Å². The quantitative estimate of drug-likeness (QED) is 0.363. The molecule has 4 N–H and O–H groups in total. The van der Waals surface area contributed by atoms with E-state index in [9.17, 15) is 15.0 Å². The van der Waals surface area contributed by atoms with E-state index in [0.717, 1.165) is 29.8 Å². The van der Waals surface area contributed by atoms with Crippen molar-refractivity contribution in [2.24, 2.45) is 0 Å². The number of carboxylic acids is 1. The molecule has 0 bridgehead atoms. The maximum atomic E-state index is 11.9. The molecule has 3 aromatic rings. The van der Waals surface area contributed by atoms with Gasteiger partial charge in [-0.25, -0.2) is 0 Å². The molecular formula is C27H34N2O3. The lowest BCUT2D eigenvalue weighted by atomic mass is 9.76. The van der Waals surface area contributed by atoms with Gasteiger partial charge in [0.2, 0.25) is 0 Å². The zero-order valence-corrected chi connectivity index (χ0v) is 18.9. The molecule has 0 heterocycles. The minimum Gasteiger partial charge on any atom is -0.480 e. The van der Waals surface area contributed by atoms with Crippen LogP contribution in [0.25, 0.3) is 0 Å². The van der Waals surface area contributed by atoms with Crippen LogP contribution in [-0.4, -0.2) is 41.9 Å². The summed E-state index contributed by atoms with van der Waals surface area (Å²) in [6.45, 7) is 6.18. The highest BCUT2D eigenvalue weighted by atomic mass is 16.4. The van der Waals surface area contributed by atoms with Crippen molar-refractivity contribution in [1.29, 1.82) is 0 Å². The second-order valence-corrected chi connectivity index (χ2v) is 7.35. The Kier molecular flexibility index (Phi) is 10.6. The summed E-state index contributed by atoms with van der Waals surface area (Å²) in [5.74, 6) is -0.990. The number of aliphatic carboxylic acids is 1. The van der Waals surface area contributed by atoms with Gasteiger partial charge in [0.05, 0.1) is 5.54 Å². The van der Waals surface area contributed by atoms with Crippen molar-refractivity contribution in [3.8, 4) is 0 Å². The van der Waals surface area contributed by atoms with Crippen LogP contribution in [0, 0.1) is 0 Å². The average molecular weight is 435 g/mol. The number of benzene rings is 3. The Morgan fingerprint density at radius 1 is 0.781 bits per heavy atom. The number of carboxylic acid groups (broad SMARTS) is 1. The average Bonchev–Trinajstić information content (AvgIpc) is 2.84. The van der Waals surface area contributed by atoms with Crippen molar-refractivity contribution >= 4 is 5.97 Å². The standard InChI is InChI=1S/C23H23NO3.C4H11N/c25-17-16-21(22(26)27)24-23(18-10-4-1-5-11-18,19-12-6-2-7-13-19)20-14-8-3-9-15-20;1-3-5-4-2/h1-15,21,24-25H,16-17H2,(H,26,27);5H,3-4H2,1-2H3/t21-;/m0./s1. The first-order valence-corrected chi connectivity index (χ1v) is 11.1. The largest absolute Gasteiger partial charge is 0.480 e. The van der Waals surface area contributed by atoms with Gasteiger partial charge in [-0.1, -0.05) is 105 Å². The fourth-order valence-corrected chi connectivity index (χ4v) is 3.71. The summed E-state index contributed by atoms with van der Waals surface area (Å²) >= 11 is 0. The van der Waals surface area contributed by atoms with Crippen molar-refractivity contribution in [1.82, 2.24) is 10.6 Å². The summed E-state index contributed by atoms with van der Waals surface area (Å²) in [6, 6.07) is 28.5. The second kappa shape index (κ2) is 13.4. The second-order valence-electron chi connectivity index (χ2n) is 7.35. The topological polar surface area (TPSA) is 81.6 Å². The molecule has 3 rings (SSSR count). The van der Waals surface area contributed by atoms with Gasteiger partial charge in [-0.2, -0.15) is 0 Å². The lowest BCUT2D eigenvalue weighted by Crippen LogP contribution is -2.52. The van der Waals surface area contributed by atoms with Gasteiger partial charge in [0, 0.05) is 6.61 Å². The van der Waals surface area contributed by atoms with Gasteiger partial charge >= 0.3 is 5.97 Å². The van der Waals surface area contributed by atoms with Crippen LogP contribution in [0.3, 0.4) is 0 Å². The summed E-state index contributed by atoms with van der Waals surface area (Å²) in [4.78, 5) is 11.9. The van der Waals surface area contributed by atoms with Crippen molar-refractivity contribution < 1.29 is 15.0 Å². The number of rotatable bonds is 10. The molecule has 0 saturated carbocycles. The van der Waals surface area contributed by atoms with E-state index in [0.29, 0.717) is 0 Å². The monoisotopic (exact) mass is 434 g/mol. The number of nitrogens with one attached hydrogen (secondary N) is 2. The molecule has 32 heavy (non-hydrogen) atoms. The zero-order chi connectivity index (χ0) is 23.2. The van der Waals surface area contributed by atoms with Crippen molar-refractivity contribution in [2.45, 2.75) is 31.8 Å². The van der Waals surface area contributed by atoms with Gasteiger partial charge < -0.3 is 15.5 Å². The summed E-state index contributed by atoms with van der Waals surface area (Å²) in [5, 5.41) is 25.6. The molecule has 0 aromatic heterocycles. The van der Waals surface area contributed by atoms with Crippen LogP contribution >= 0.6 is 0 Å². The number of aliphatic hydroxyl groups excluding tert-OH is 1. The van der Waals surface area contributed by atoms with Crippen molar-refractivity contribution in [2.75, 3.05) is 19.7 Å². The van der Waals surface area contributed by atoms with Crippen molar-refractivity contribution in [3.05, 3.63) is 108 Å². The molecule has 0 amide bonds. The van der Waals surface area contributed by atoms with Crippen LogP contribution in [0.4, 0.5) is 0 Å². The Bertz CT molecular complexity index is 803. The molecule has 0 aliphatic rings. The summed E-state index contributed by atoms with van der Waals surface area (Å²) in [7, 11) is 0. The van der Waals surface area contributed by atoms with E-state index in [1.165, 1.54) is 0 Å². The summed E-state index contributed by atoms with van der Waals surface area (Å²) < 4.78 is 0. The van der Waals surface area contributed by atoms with Crippen LogP contribution in [-0.2, 0) is 10.3 Å². The van der Waals surface area contributed by atoms with E-state index in [2.05, 4.69) is 24.5 Å². The highest BCUT2D eigenvalue weighted by Gasteiger charge is 2.39. The van der Waals surface area contributed by atoms with Gasteiger partial charge in [-0.15, -0.1) is 0 Å². The molecule has 0 saturated heterocycles. The normalized spacial score (nSPS) is 11.8. The van der Waals surface area contributed by atoms with Gasteiger partial charge in [0.1, 0.15) is 6.04 Å². The predicted octanol–water partition coefficient (Wildman–Crippen LogP) is 4.02. The minimum absolute atomic E-state index is 0.115. The smallest absolute Gasteiger partial charge is 0.320 e. The highest BCUT2D eigenvalue weighted by molar-refractivity contribution is 5.74. The Morgan fingerprint density at radius 3 is 1.41 bits per heavy atom. The molecule has 5 nitrogen and oxygen atoms in total. The van der Waals surface area contributed by atoms with Crippen LogP contribution < -0.4 is 10.6 Å². The van der Waals surface area contributed by atoms with Crippen molar-refractivity contribution in [3.63, 3.8) is 0 Å².